The molecule has 0 fully saturated rings. The van der Waals surface area contributed by atoms with Crippen LogP contribution in [-0.4, -0.2) is 56.0 Å². The highest BCUT2D eigenvalue weighted by molar-refractivity contribution is 8.24. The molecule has 1 aliphatic heterocycles. The van der Waals surface area contributed by atoms with Gasteiger partial charge in [0.1, 0.15) is 6.79 Å². The van der Waals surface area contributed by atoms with Gasteiger partial charge in [0.2, 0.25) is 0 Å². The molecule has 0 saturated carbocycles. The largest absolute Gasteiger partial charge is 0.393 e. The van der Waals surface area contributed by atoms with Crippen molar-refractivity contribution in [1.82, 2.24) is 4.90 Å². The molecule has 1 aliphatic rings. The summed E-state index contributed by atoms with van der Waals surface area (Å²) in [6.45, 7) is 15.5. The first kappa shape index (κ1) is 34.0. The lowest BCUT2D eigenvalue weighted by Crippen LogP contribution is -2.50. The highest BCUT2D eigenvalue weighted by Crippen LogP contribution is 2.52. The van der Waals surface area contributed by atoms with Gasteiger partial charge in [0, 0.05) is 12.1 Å². The van der Waals surface area contributed by atoms with Crippen LogP contribution in [0.4, 0.5) is 13.2 Å². The van der Waals surface area contributed by atoms with Crippen LogP contribution in [0.15, 0.2) is 59.0 Å². The molecule has 0 aromatic heterocycles. The lowest BCUT2D eigenvalue weighted by molar-refractivity contribution is -0.145. The van der Waals surface area contributed by atoms with Crippen molar-refractivity contribution in [3.63, 3.8) is 0 Å². The third kappa shape index (κ3) is 11.3. The van der Waals surface area contributed by atoms with E-state index in [9.17, 15) is 32.2 Å². The predicted molar refractivity (Wildman–Crippen MR) is 132 cm³/mol. The second kappa shape index (κ2) is 15.7. The number of nitrogens with zero attached hydrogens (tertiary/aromatic N) is 1. The second-order valence-corrected chi connectivity index (χ2v) is 9.33. The van der Waals surface area contributed by atoms with E-state index in [1.165, 1.54) is 17.7 Å². The molecular formula is C24H38F3NO5S. The molecule has 1 atom stereocenters. The van der Waals surface area contributed by atoms with Gasteiger partial charge in [-0.2, -0.15) is 23.8 Å². The fourth-order valence-electron chi connectivity index (χ4n) is 2.77. The van der Waals surface area contributed by atoms with Gasteiger partial charge in [-0.1, -0.05) is 51.5 Å². The predicted octanol–water partition coefficient (Wildman–Crippen LogP) is 6.43. The maximum atomic E-state index is 12.7. The van der Waals surface area contributed by atoms with E-state index in [0.717, 1.165) is 17.4 Å². The SMILES string of the molecule is C=C(C)CC.C=O.CC.CCCN1C(=O)C(CC(F)(F)F)=CC1(O)CS(O)(O)c1ccccc1. The van der Waals surface area contributed by atoms with Crippen LogP contribution in [0.3, 0.4) is 0 Å². The lowest BCUT2D eigenvalue weighted by Gasteiger charge is -2.41. The van der Waals surface area contributed by atoms with Crippen LogP contribution in [0.1, 0.15) is 53.9 Å². The number of amides is 1. The zero-order valence-corrected chi connectivity index (χ0v) is 21.4. The Morgan fingerprint density at radius 1 is 1.12 bits per heavy atom. The second-order valence-electron chi connectivity index (χ2n) is 7.23. The summed E-state index contributed by atoms with van der Waals surface area (Å²) < 4.78 is 58.8. The molecule has 34 heavy (non-hydrogen) atoms. The van der Waals surface area contributed by atoms with Gasteiger partial charge in [0.15, 0.2) is 5.72 Å². The number of halogens is 3. The van der Waals surface area contributed by atoms with Crippen molar-refractivity contribution in [2.45, 2.75) is 70.7 Å². The Morgan fingerprint density at radius 3 is 1.97 bits per heavy atom. The van der Waals surface area contributed by atoms with E-state index in [1.807, 2.05) is 27.6 Å². The number of allylic oxidation sites excluding steroid dienone is 1. The Morgan fingerprint density at radius 2 is 1.59 bits per heavy atom. The Balaban J connectivity index is 0. The number of rotatable bonds is 7. The van der Waals surface area contributed by atoms with Crippen molar-refractivity contribution in [2.75, 3.05) is 12.3 Å². The molecular weight excluding hydrogens is 471 g/mol. The van der Waals surface area contributed by atoms with Crippen LogP contribution in [0.25, 0.3) is 0 Å². The lowest BCUT2D eigenvalue weighted by atomic mass is 10.1. The monoisotopic (exact) mass is 509 g/mol. The quantitative estimate of drug-likeness (QED) is 0.368. The molecule has 196 valence electrons. The van der Waals surface area contributed by atoms with E-state index < -0.39 is 46.1 Å². The molecule has 3 N–H and O–H groups in total. The summed E-state index contributed by atoms with van der Waals surface area (Å²) in [7, 11) is -3.51. The van der Waals surface area contributed by atoms with Crippen LogP contribution in [0.2, 0.25) is 0 Å². The molecule has 1 aromatic rings. The van der Waals surface area contributed by atoms with Crippen molar-refractivity contribution in [2.24, 2.45) is 0 Å². The van der Waals surface area contributed by atoms with Crippen molar-refractivity contribution in [3.8, 4) is 0 Å². The van der Waals surface area contributed by atoms with Crippen LogP contribution in [0.5, 0.6) is 0 Å². The molecule has 2 rings (SSSR count). The third-order valence-electron chi connectivity index (χ3n) is 4.37. The summed E-state index contributed by atoms with van der Waals surface area (Å²) in [6.07, 6.45) is -3.77. The molecule has 1 unspecified atom stereocenters. The summed E-state index contributed by atoms with van der Waals surface area (Å²) in [5.74, 6) is -1.62. The van der Waals surface area contributed by atoms with Crippen molar-refractivity contribution >= 4 is 23.3 Å². The molecule has 0 bridgehead atoms. The average Bonchev–Trinajstić information content (AvgIpc) is 3.00. The van der Waals surface area contributed by atoms with Gasteiger partial charge in [0.05, 0.1) is 17.1 Å². The number of benzene rings is 1. The van der Waals surface area contributed by atoms with Crippen LogP contribution < -0.4 is 0 Å². The van der Waals surface area contributed by atoms with E-state index in [2.05, 4.69) is 13.5 Å². The molecule has 0 aliphatic carbocycles. The zero-order chi connectivity index (χ0) is 27.2. The van der Waals surface area contributed by atoms with E-state index in [-0.39, 0.29) is 11.4 Å². The zero-order valence-electron chi connectivity index (χ0n) is 20.6. The van der Waals surface area contributed by atoms with Crippen LogP contribution in [0, 0.1) is 0 Å². The number of carbonyl (C=O) groups is 2. The number of aliphatic hydroxyl groups is 1. The van der Waals surface area contributed by atoms with E-state index >= 15 is 0 Å². The number of hydrogen-bond donors (Lipinski definition) is 3. The first-order chi connectivity index (χ1) is 15.8. The highest BCUT2D eigenvalue weighted by Gasteiger charge is 2.48. The van der Waals surface area contributed by atoms with Gasteiger partial charge in [-0.25, -0.2) is 0 Å². The summed E-state index contributed by atoms with van der Waals surface area (Å²) in [6, 6.07) is 7.70. The Bertz CT molecular complexity index is 785. The van der Waals surface area contributed by atoms with E-state index in [4.69, 9.17) is 4.79 Å². The minimum atomic E-state index is -4.60. The molecule has 0 radical (unpaired) electrons. The third-order valence-corrected chi connectivity index (χ3v) is 6.22. The van der Waals surface area contributed by atoms with Crippen molar-refractivity contribution in [1.29, 1.82) is 0 Å². The van der Waals surface area contributed by atoms with E-state index in [1.54, 1.807) is 25.1 Å². The standard InChI is InChI=1S/C16H20F3NO4S.C5H10.C2H6.CH2O/c1-2-8-20-14(21)12(10-16(17,18)19)9-15(20,22)11-25(23,24)13-6-4-3-5-7-13;1-4-5(2)3;2*1-2/h3-7,9,22-24H,2,8,10-11H2,1H3;2,4H2,1,3H3;1-2H3;1H2. The van der Waals surface area contributed by atoms with Crippen LogP contribution in [-0.2, 0) is 9.59 Å². The molecule has 0 saturated heterocycles. The summed E-state index contributed by atoms with van der Waals surface area (Å²) in [5, 5.41) is 10.8. The normalized spacial score (nSPS) is 17.8. The van der Waals surface area contributed by atoms with Gasteiger partial charge < -0.3 is 14.8 Å². The van der Waals surface area contributed by atoms with Gasteiger partial charge in [-0.3, -0.25) is 13.9 Å². The highest BCUT2D eigenvalue weighted by atomic mass is 32.3. The first-order valence-corrected chi connectivity index (χ1v) is 12.5. The topological polar surface area (TPSA) is 98.1 Å². The number of carbonyl (C=O) groups excluding carboxylic acids is 2. The molecule has 1 heterocycles. The van der Waals surface area contributed by atoms with Crippen molar-refractivity contribution in [3.05, 3.63) is 54.1 Å². The maximum absolute atomic E-state index is 12.7. The van der Waals surface area contributed by atoms with Gasteiger partial charge in [-0.15, -0.1) is 6.58 Å². The smallest absolute Gasteiger partial charge is 0.366 e. The Kier molecular flexibility index (Phi) is 15.7. The molecule has 1 amide bonds. The fourth-order valence-corrected chi connectivity index (χ4v) is 4.36. The average molecular weight is 510 g/mol. The van der Waals surface area contributed by atoms with Gasteiger partial charge >= 0.3 is 6.18 Å². The maximum Gasteiger partial charge on any atom is 0.393 e. The number of alkyl halides is 3. The molecule has 10 heteroatoms. The van der Waals surface area contributed by atoms with Gasteiger partial charge in [-0.05, 0) is 38.0 Å². The van der Waals surface area contributed by atoms with Crippen molar-refractivity contribution < 1.29 is 37.0 Å². The van der Waals surface area contributed by atoms with Crippen LogP contribution >= 0.6 is 10.6 Å². The minimum absolute atomic E-state index is 0.00248. The Labute approximate surface area is 202 Å². The fraction of sp³-hybridized carbons (Fsp3) is 0.500. The molecule has 6 nitrogen and oxygen atoms in total. The summed E-state index contributed by atoms with van der Waals surface area (Å²) in [4.78, 5) is 21.3. The molecule has 0 spiro atoms. The Hall–Kier alpha value is -2.14. The molecule has 1 aromatic carbocycles. The summed E-state index contributed by atoms with van der Waals surface area (Å²) in [5.41, 5.74) is -1.51. The minimum Gasteiger partial charge on any atom is -0.366 e. The number of hydrogen-bond acceptors (Lipinski definition) is 5. The van der Waals surface area contributed by atoms with E-state index in [0.29, 0.717) is 6.42 Å². The first-order valence-electron chi connectivity index (χ1n) is 10.8. The summed E-state index contributed by atoms with van der Waals surface area (Å²) >= 11 is 0. The van der Waals surface area contributed by atoms with Gasteiger partial charge in [0.25, 0.3) is 5.91 Å².